The average Bonchev–Trinajstić information content (AvgIpc) is 2.28. The van der Waals surface area contributed by atoms with Crippen LogP contribution in [0.15, 0.2) is 0 Å². The summed E-state index contributed by atoms with van der Waals surface area (Å²) in [6, 6.07) is 2.18. The van der Waals surface area contributed by atoms with E-state index < -0.39 is 5.41 Å². The van der Waals surface area contributed by atoms with E-state index in [2.05, 4.69) is 6.07 Å². The Labute approximate surface area is 98.8 Å². The van der Waals surface area contributed by atoms with Crippen LogP contribution in [0.1, 0.15) is 26.7 Å². The van der Waals surface area contributed by atoms with Crippen LogP contribution in [0, 0.1) is 16.7 Å². The number of carbonyl (C=O) groups is 1. The van der Waals surface area contributed by atoms with E-state index in [1.807, 2.05) is 32.8 Å². The summed E-state index contributed by atoms with van der Waals surface area (Å²) in [7, 11) is 5.70. The minimum absolute atomic E-state index is 0.0538. The Morgan fingerprint density at radius 3 is 2.00 bits per heavy atom. The minimum atomic E-state index is -0.832. The number of hydrogen-bond donors (Lipinski definition) is 0. The Hall–Kier alpha value is -1.08. The van der Waals surface area contributed by atoms with E-state index in [1.54, 1.807) is 11.9 Å². The molecule has 0 spiro atoms. The van der Waals surface area contributed by atoms with Gasteiger partial charge in [0, 0.05) is 20.1 Å². The highest BCUT2D eigenvalue weighted by molar-refractivity contribution is 5.85. The molecule has 0 aromatic rings. The number of nitrogens with zero attached hydrogens (tertiary/aromatic N) is 3. The van der Waals surface area contributed by atoms with Gasteiger partial charge in [-0.05, 0) is 26.9 Å². The van der Waals surface area contributed by atoms with Gasteiger partial charge in [0.1, 0.15) is 5.41 Å². The van der Waals surface area contributed by atoms with Crippen molar-refractivity contribution >= 4 is 5.91 Å². The quantitative estimate of drug-likeness (QED) is 0.685. The minimum Gasteiger partial charge on any atom is -0.343 e. The number of likely N-dealkylation sites (N-methyl/N-ethyl adjacent to an activating group) is 2. The van der Waals surface area contributed by atoms with Gasteiger partial charge in [-0.2, -0.15) is 5.26 Å². The zero-order valence-corrected chi connectivity index (χ0v) is 11.1. The molecule has 0 bridgehead atoms. The summed E-state index contributed by atoms with van der Waals surface area (Å²) in [5.41, 5.74) is -0.832. The third-order valence-electron chi connectivity index (χ3n) is 3.06. The molecule has 0 aromatic heterocycles. The molecule has 16 heavy (non-hydrogen) atoms. The number of rotatable bonds is 6. The first-order valence-corrected chi connectivity index (χ1v) is 5.75. The second-order valence-corrected chi connectivity index (χ2v) is 4.43. The molecule has 0 aromatic carbocycles. The second-order valence-electron chi connectivity index (χ2n) is 4.43. The topological polar surface area (TPSA) is 47.3 Å². The zero-order valence-electron chi connectivity index (χ0n) is 11.1. The molecule has 0 heterocycles. The molecule has 0 aliphatic rings. The Bertz CT molecular complexity index is 264. The van der Waals surface area contributed by atoms with Crippen molar-refractivity contribution in [1.82, 2.24) is 9.80 Å². The van der Waals surface area contributed by atoms with Crippen LogP contribution in [-0.2, 0) is 4.79 Å². The normalized spacial score (nSPS) is 11.3. The number of nitriles is 1. The third kappa shape index (κ3) is 3.49. The number of hydrogen-bond acceptors (Lipinski definition) is 3. The maximum Gasteiger partial charge on any atom is 0.242 e. The fourth-order valence-electron chi connectivity index (χ4n) is 1.58. The summed E-state index contributed by atoms with van der Waals surface area (Å²) in [6.07, 6.45) is 1.15. The summed E-state index contributed by atoms with van der Waals surface area (Å²) in [5, 5.41) is 9.17. The predicted octanol–water partition coefficient (Wildman–Crippen LogP) is 1.34. The first-order valence-electron chi connectivity index (χ1n) is 5.75. The van der Waals surface area contributed by atoms with Crippen LogP contribution in [-0.4, -0.2) is 49.9 Å². The Morgan fingerprint density at radius 2 is 1.69 bits per heavy atom. The van der Waals surface area contributed by atoms with Gasteiger partial charge in [-0.3, -0.25) is 4.79 Å². The van der Waals surface area contributed by atoms with Gasteiger partial charge in [0.2, 0.25) is 5.91 Å². The standard InChI is InChI=1S/C12H23N3O/c1-6-12(7-2,10-13)11(16)15(5)9-8-14(3)4/h6-9H2,1-5H3. The van der Waals surface area contributed by atoms with Crippen molar-refractivity contribution in [3.8, 4) is 6.07 Å². The average molecular weight is 225 g/mol. The maximum absolute atomic E-state index is 12.2. The summed E-state index contributed by atoms with van der Waals surface area (Å²) >= 11 is 0. The van der Waals surface area contributed by atoms with Crippen LogP contribution in [0.5, 0.6) is 0 Å². The molecule has 0 N–H and O–H groups in total. The number of carbonyl (C=O) groups excluding carboxylic acids is 1. The van der Waals surface area contributed by atoms with E-state index in [1.165, 1.54) is 0 Å². The summed E-state index contributed by atoms with van der Waals surface area (Å²) in [5.74, 6) is -0.0538. The molecule has 4 heteroatoms. The third-order valence-corrected chi connectivity index (χ3v) is 3.06. The van der Waals surface area contributed by atoms with Crippen molar-refractivity contribution in [2.24, 2.45) is 5.41 Å². The van der Waals surface area contributed by atoms with Crippen molar-refractivity contribution in [3.05, 3.63) is 0 Å². The van der Waals surface area contributed by atoms with Crippen LogP contribution in [0.2, 0.25) is 0 Å². The van der Waals surface area contributed by atoms with Crippen LogP contribution in [0.4, 0.5) is 0 Å². The SMILES string of the molecule is CCC(C#N)(CC)C(=O)N(C)CCN(C)C. The molecule has 0 saturated carbocycles. The lowest BCUT2D eigenvalue weighted by atomic mass is 9.82. The first-order chi connectivity index (χ1) is 7.43. The second kappa shape index (κ2) is 6.49. The highest BCUT2D eigenvalue weighted by Gasteiger charge is 2.36. The zero-order chi connectivity index (χ0) is 12.8. The van der Waals surface area contributed by atoms with Crippen molar-refractivity contribution < 1.29 is 4.79 Å². The van der Waals surface area contributed by atoms with E-state index >= 15 is 0 Å². The molecule has 1 amide bonds. The van der Waals surface area contributed by atoms with E-state index in [0.717, 1.165) is 6.54 Å². The van der Waals surface area contributed by atoms with Gasteiger partial charge in [0.25, 0.3) is 0 Å². The fraction of sp³-hybridized carbons (Fsp3) is 0.833. The molecule has 0 aliphatic heterocycles. The molecule has 0 saturated heterocycles. The highest BCUT2D eigenvalue weighted by Crippen LogP contribution is 2.27. The summed E-state index contributed by atoms with van der Waals surface area (Å²) in [4.78, 5) is 15.8. The van der Waals surface area contributed by atoms with Gasteiger partial charge in [-0.15, -0.1) is 0 Å². The lowest BCUT2D eigenvalue weighted by molar-refractivity contribution is -0.138. The molecule has 0 aliphatic carbocycles. The Kier molecular flexibility index (Phi) is 6.05. The molecule has 0 fully saturated rings. The lowest BCUT2D eigenvalue weighted by Crippen LogP contribution is -2.43. The molecule has 0 unspecified atom stereocenters. The maximum atomic E-state index is 12.2. The Morgan fingerprint density at radius 1 is 1.19 bits per heavy atom. The highest BCUT2D eigenvalue weighted by atomic mass is 16.2. The molecule has 0 radical (unpaired) electrons. The van der Waals surface area contributed by atoms with Crippen molar-refractivity contribution in [3.63, 3.8) is 0 Å². The fourth-order valence-corrected chi connectivity index (χ4v) is 1.58. The van der Waals surface area contributed by atoms with Gasteiger partial charge >= 0.3 is 0 Å². The molecule has 4 nitrogen and oxygen atoms in total. The van der Waals surface area contributed by atoms with Crippen LogP contribution >= 0.6 is 0 Å². The molecule has 0 rings (SSSR count). The van der Waals surface area contributed by atoms with E-state index in [0.29, 0.717) is 19.4 Å². The van der Waals surface area contributed by atoms with Gasteiger partial charge in [-0.25, -0.2) is 0 Å². The van der Waals surface area contributed by atoms with E-state index in [4.69, 9.17) is 5.26 Å². The van der Waals surface area contributed by atoms with Crippen LogP contribution < -0.4 is 0 Å². The predicted molar refractivity (Wildman–Crippen MR) is 64.8 cm³/mol. The van der Waals surface area contributed by atoms with Gasteiger partial charge in [-0.1, -0.05) is 13.8 Å². The molecule has 0 atom stereocenters. The summed E-state index contributed by atoms with van der Waals surface area (Å²) < 4.78 is 0. The molecule has 92 valence electrons. The van der Waals surface area contributed by atoms with Crippen molar-refractivity contribution in [1.29, 1.82) is 5.26 Å². The van der Waals surface area contributed by atoms with Gasteiger partial charge in [0.15, 0.2) is 0 Å². The Balaban J connectivity index is 4.58. The largest absolute Gasteiger partial charge is 0.343 e. The van der Waals surface area contributed by atoms with Crippen LogP contribution in [0.3, 0.4) is 0 Å². The van der Waals surface area contributed by atoms with E-state index in [-0.39, 0.29) is 5.91 Å². The number of amides is 1. The van der Waals surface area contributed by atoms with Crippen LogP contribution in [0.25, 0.3) is 0 Å². The van der Waals surface area contributed by atoms with Crippen molar-refractivity contribution in [2.45, 2.75) is 26.7 Å². The summed E-state index contributed by atoms with van der Waals surface area (Å²) in [6.45, 7) is 5.27. The lowest BCUT2D eigenvalue weighted by Gasteiger charge is -2.29. The van der Waals surface area contributed by atoms with E-state index in [9.17, 15) is 4.79 Å². The molecular formula is C12H23N3O. The monoisotopic (exact) mass is 225 g/mol. The smallest absolute Gasteiger partial charge is 0.242 e. The van der Waals surface area contributed by atoms with Crippen molar-refractivity contribution in [2.75, 3.05) is 34.2 Å². The van der Waals surface area contributed by atoms with Gasteiger partial charge < -0.3 is 9.80 Å². The van der Waals surface area contributed by atoms with Gasteiger partial charge in [0.05, 0.1) is 6.07 Å². The molecular weight excluding hydrogens is 202 g/mol. The first kappa shape index (κ1) is 14.9.